The van der Waals surface area contributed by atoms with Crippen LogP contribution in [0.1, 0.15) is 15.9 Å². The van der Waals surface area contributed by atoms with Gasteiger partial charge in [0.1, 0.15) is 18.3 Å². The number of para-hydroxylation sites is 1. The van der Waals surface area contributed by atoms with E-state index in [1.165, 1.54) is 13.2 Å². The Kier molecular flexibility index (Phi) is 7.74. The van der Waals surface area contributed by atoms with Crippen LogP contribution < -0.4 is 15.4 Å². The SMILES string of the molecule is COc1ccccc1C(=O)NC(CS(=O)(=O)Cc1ccccc1)C(=O)NCC#N. The Labute approximate surface area is 169 Å². The number of rotatable bonds is 9. The molecule has 2 rings (SSSR count). The summed E-state index contributed by atoms with van der Waals surface area (Å²) in [4.78, 5) is 25.0. The van der Waals surface area contributed by atoms with Crippen molar-refractivity contribution in [3.8, 4) is 11.8 Å². The lowest BCUT2D eigenvalue weighted by Gasteiger charge is -2.19. The number of hydrogen-bond donors (Lipinski definition) is 2. The summed E-state index contributed by atoms with van der Waals surface area (Å²) in [6.07, 6.45) is 0. The van der Waals surface area contributed by atoms with E-state index in [9.17, 15) is 18.0 Å². The predicted molar refractivity (Wildman–Crippen MR) is 107 cm³/mol. The smallest absolute Gasteiger partial charge is 0.255 e. The van der Waals surface area contributed by atoms with E-state index in [1.54, 1.807) is 54.6 Å². The van der Waals surface area contributed by atoms with Crippen molar-refractivity contribution in [1.82, 2.24) is 10.6 Å². The van der Waals surface area contributed by atoms with E-state index < -0.39 is 33.4 Å². The van der Waals surface area contributed by atoms with Gasteiger partial charge >= 0.3 is 0 Å². The van der Waals surface area contributed by atoms with Crippen molar-refractivity contribution < 1.29 is 22.7 Å². The van der Waals surface area contributed by atoms with Gasteiger partial charge in [-0.05, 0) is 17.7 Å². The fourth-order valence-corrected chi connectivity index (χ4v) is 4.20. The molecule has 8 nitrogen and oxygen atoms in total. The molecule has 1 atom stereocenters. The van der Waals surface area contributed by atoms with E-state index in [4.69, 9.17) is 10.00 Å². The van der Waals surface area contributed by atoms with E-state index >= 15 is 0 Å². The fourth-order valence-electron chi connectivity index (χ4n) is 2.64. The molecular weight excluding hydrogens is 394 g/mol. The second-order valence-corrected chi connectivity index (χ2v) is 8.25. The minimum absolute atomic E-state index is 0.161. The van der Waals surface area contributed by atoms with E-state index in [1.807, 2.05) is 0 Å². The number of nitrogens with zero attached hydrogens (tertiary/aromatic N) is 1. The summed E-state index contributed by atoms with van der Waals surface area (Å²) in [7, 11) is -2.34. The van der Waals surface area contributed by atoms with Gasteiger partial charge in [-0.1, -0.05) is 42.5 Å². The summed E-state index contributed by atoms with van der Waals surface area (Å²) in [6.45, 7) is -0.307. The second-order valence-electron chi connectivity index (χ2n) is 6.14. The number of sulfone groups is 1. The average Bonchev–Trinajstić information content (AvgIpc) is 2.71. The zero-order chi connectivity index (χ0) is 21.3. The van der Waals surface area contributed by atoms with E-state index in [0.717, 1.165) is 0 Å². The minimum atomic E-state index is -3.74. The Morgan fingerprint density at radius 3 is 2.41 bits per heavy atom. The van der Waals surface area contributed by atoms with Crippen LogP contribution in [-0.2, 0) is 20.4 Å². The van der Waals surface area contributed by atoms with Crippen molar-refractivity contribution in [3.63, 3.8) is 0 Å². The Morgan fingerprint density at radius 2 is 1.76 bits per heavy atom. The molecule has 0 aliphatic rings. The number of carbonyl (C=O) groups excluding carboxylic acids is 2. The Hall–Kier alpha value is -3.38. The van der Waals surface area contributed by atoms with Gasteiger partial charge in [0.25, 0.3) is 5.91 Å². The van der Waals surface area contributed by atoms with Crippen LogP contribution in [-0.4, -0.2) is 45.7 Å². The number of nitriles is 1. The quantitative estimate of drug-likeness (QED) is 0.590. The monoisotopic (exact) mass is 415 g/mol. The third-order valence-electron chi connectivity index (χ3n) is 3.97. The normalized spacial score (nSPS) is 11.7. The van der Waals surface area contributed by atoms with Crippen LogP contribution in [0.3, 0.4) is 0 Å². The largest absolute Gasteiger partial charge is 0.496 e. The highest BCUT2D eigenvalue weighted by atomic mass is 32.2. The summed E-state index contributed by atoms with van der Waals surface area (Å²) in [5.41, 5.74) is 0.730. The van der Waals surface area contributed by atoms with Crippen LogP contribution in [0, 0.1) is 11.3 Å². The third kappa shape index (κ3) is 6.62. The zero-order valence-corrected chi connectivity index (χ0v) is 16.6. The van der Waals surface area contributed by atoms with Gasteiger partial charge in [-0.3, -0.25) is 9.59 Å². The van der Waals surface area contributed by atoms with Gasteiger partial charge in [-0.2, -0.15) is 5.26 Å². The highest BCUT2D eigenvalue weighted by Crippen LogP contribution is 2.17. The standard InChI is InChI=1S/C20H21N3O5S/c1-28-18-10-6-5-9-16(18)19(24)23-17(20(25)22-12-11-21)14-29(26,27)13-15-7-3-2-4-8-15/h2-10,17H,12-14H2,1H3,(H,22,25)(H,23,24). The van der Waals surface area contributed by atoms with Gasteiger partial charge in [0, 0.05) is 0 Å². The molecule has 0 aliphatic heterocycles. The summed E-state index contributed by atoms with van der Waals surface area (Å²) in [6, 6.07) is 15.3. The van der Waals surface area contributed by atoms with Crippen molar-refractivity contribution in [1.29, 1.82) is 5.26 Å². The first-order valence-electron chi connectivity index (χ1n) is 8.69. The molecule has 2 aromatic rings. The van der Waals surface area contributed by atoms with E-state index in [2.05, 4.69) is 10.6 Å². The number of amides is 2. The molecule has 2 amide bonds. The molecule has 1 unspecified atom stereocenters. The number of ether oxygens (including phenoxy) is 1. The molecular formula is C20H21N3O5S. The molecule has 2 N–H and O–H groups in total. The van der Waals surface area contributed by atoms with E-state index in [0.29, 0.717) is 5.56 Å². The Bertz CT molecular complexity index is 1000. The van der Waals surface area contributed by atoms with Gasteiger partial charge in [0.05, 0.1) is 30.2 Å². The molecule has 0 saturated carbocycles. The van der Waals surface area contributed by atoms with Gasteiger partial charge in [-0.25, -0.2) is 8.42 Å². The number of hydrogen-bond acceptors (Lipinski definition) is 6. The molecule has 0 bridgehead atoms. The highest BCUT2D eigenvalue weighted by molar-refractivity contribution is 7.90. The molecule has 2 aromatic carbocycles. The minimum Gasteiger partial charge on any atom is -0.496 e. The van der Waals surface area contributed by atoms with Crippen LogP contribution in [0.15, 0.2) is 54.6 Å². The van der Waals surface area contributed by atoms with E-state index in [-0.39, 0.29) is 23.6 Å². The van der Waals surface area contributed by atoms with Crippen LogP contribution in [0.25, 0.3) is 0 Å². The number of carbonyl (C=O) groups is 2. The molecule has 0 heterocycles. The molecule has 0 fully saturated rings. The molecule has 152 valence electrons. The maximum Gasteiger partial charge on any atom is 0.255 e. The predicted octanol–water partition coefficient (Wildman–Crippen LogP) is 1.05. The molecule has 29 heavy (non-hydrogen) atoms. The van der Waals surface area contributed by atoms with Gasteiger partial charge in [0.15, 0.2) is 9.84 Å². The van der Waals surface area contributed by atoms with Gasteiger partial charge in [-0.15, -0.1) is 0 Å². The topological polar surface area (TPSA) is 125 Å². The zero-order valence-electron chi connectivity index (χ0n) is 15.8. The first kappa shape index (κ1) is 21.9. The van der Waals surface area contributed by atoms with Crippen molar-refractivity contribution in [2.24, 2.45) is 0 Å². The lowest BCUT2D eigenvalue weighted by Crippen LogP contribution is -2.50. The highest BCUT2D eigenvalue weighted by Gasteiger charge is 2.28. The van der Waals surface area contributed by atoms with Gasteiger partial charge in [0.2, 0.25) is 5.91 Å². The maximum atomic E-state index is 12.6. The first-order valence-corrected chi connectivity index (χ1v) is 10.5. The molecule has 0 aromatic heterocycles. The van der Waals surface area contributed by atoms with Crippen molar-refractivity contribution in [2.75, 3.05) is 19.4 Å². The number of methoxy groups -OCH3 is 1. The Morgan fingerprint density at radius 1 is 1.10 bits per heavy atom. The molecule has 0 saturated heterocycles. The summed E-state index contributed by atoms with van der Waals surface area (Å²) in [5, 5.41) is 13.4. The third-order valence-corrected chi connectivity index (χ3v) is 5.58. The number of nitrogens with one attached hydrogen (secondary N) is 2. The molecule has 0 spiro atoms. The molecule has 0 radical (unpaired) electrons. The van der Waals surface area contributed by atoms with Crippen LogP contribution in [0.2, 0.25) is 0 Å². The first-order chi connectivity index (χ1) is 13.9. The fraction of sp³-hybridized carbons (Fsp3) is 0.250. The Balaban J connectivity index is 2.21. The van der Waals surface area contributed by atoms with Crippen LogP contribution >= 0.6 is 0 Å². The lowest BCUT2D eigenvalue weighted by atomic mass is 10.1. The van der Waals surface area contributed by atoms with Gasteiger partial charge < -0.3 is 15.4 Å². The average molecular weight is 415 g/mol. The van der Waals surface area contributed by atoms with Crippen molar-refractivity contribution in [2.45, 2.75) is 11.8 Å². The second kappa shape index (κ2) is 10.2. The lowest BCUT2D eigenvalue weighted by molar-refractivity contribution is -0.122. The summed E-state index contributed by atoms with van der Waals surface area (Å²) >= 11 is 0. The van der Waals surface area contributed by atoms with Crippen LogP contribution in [0.4, 0.5) is 0 Å². The molecule has 0 aliphatic carbocycles. The number of benzene rings is 2. The van der Waals surface area contributed by atoms with Crippen molar-refractivity contribution >= 4 is 21.7 Å². The molecule has 9 heteroatoms. The van der Waals surface area contributed by atoms with Crippen molar-refractivity contribution in [3.05, 3.63) is 65.7 Å². The summed E-state index contributed by atoms with van der Waals surface area (Å²) in [5.74, 6) is -2.02. The van der Waals surface area contributed by atoms with Crippen LogP contribution in [0.5, 0.6) is 5.75 Å². The summed E-state index contributed by atoms with van der Waals surface area (Å²) < 4.78 is 30.3. The maximum absolute atomic E-state index is 12.6.